The van der Waals surface area contributed by atoms with E-state index >= 15 is 0 Å². The minimum Gasteiger partial charge on any atom is -0.320 e. The molecule has 1 aromatic carbocycles. The van der Waals surface area contributed by atoms with E-state index in [4.69, 9.17) is 5.73 Å². The monoisotopic (exact) mass is 303 g/mol. The van der Waals surface area contributed by atoms with Crippen LogP contribution in [0.2, 0.25) is 0 Å². The highest BCUT2D eigenvalue weighted by atomic mass is 79.9. The molecule has 2 rings (SSSR count). The molecule has 1 heterocycles. The first-order valence-corrected chi connectivity index (χ1v) is 6.19. The fourth-order valence-electron chi connectivity index (χ4n) is 1.40. The highest BCUT2D eigenvalue weighted by Gasteiger charge is 2.16. The summed E-state index contributed by atoms with van der Waals surface area (Å²) in [5.74, 6) is -0.971. The SMILES string of the molecule is NC(c1cc(Br)cs1)c1cc(F)ccc1F. The molecular formula is C11H8BrF2NS. The largest absolute Gasteiger partial charge is 0.320 e. The van der Waals surface area contributed by atoms with Gasteiger partial charge in [-0.3, -0.25) is 0 Å². The van der Waals surface area contributed by atoms with Crippen LogP contribution in [-0.4, -0.2) is 0 Å². The van der Waals surface area contributed by atoms with Crippen molar-refractivity contribution in [3.8, 4) is 0 Å². The molecule has 0 saturated heterocycles. The lowest BCUT2D eigenvalue weighted by Gasteiger charge is -2.10. The molecule has 0 saturated carbocycles. The van der Waals surface area contributed by atoms with E-state index < -0.39 is 17.7 Å². The van der Waals surface area contributed by atoms with Crippen LogP contribution in [0.1, 0.15) is 16.5 Å². The fourth-order valence-corrected chi connectivity index (χ4v) is 2.86. The summed E-state index contributed by atoms with van der Waals surface area (Å²) in [5, 5.41) is 1.85. The molecule has 16 heavy (non-hydrogen) atoms. The van der Waals surface area contributed by atoms with Gasteiger partial charge in [0.1, 0.15) is 11.6 Å². The van der Waals surface area contributed by atoms with Crippen LogP contribution in [0.15, 0.2) is 34.1 Å². The van der Waals surface area contributed by atoms with Gasteiger partial charge in [-0.15, -0.1) is 11.3 Å². The van der Waals surface area contributed by atoms with Gasteiger partial charge in [0.25, 0.3) is 0 Å². The molecule has 2 aromatic rings. The molecule has 1 nitrogen and oxygen atoms in total. The average Bonchev–Trinajstić information content (AvgIpc) is 2.67. The van der Waals surface area contributed by atoms with Crippen molar-refractivity contribution in [1.29, 1.82) is 0 Å². The van der Waals surface area contributed by atoms with Gasteiger partial charge in [0, 0.05) is 20.3 Å². The van der Waals surface area contributed by atoms with Gasteiger partial charge in [0.05, 0.1) is 6.04 Å². The molecule has 0 aliphatic rings. The lowest BCUT2D eigenvalue weighted by molar-refractivity contribution is 0.578. The number of thiophene rings is 1. The number of hydrogen-bond donors (Lipinski definition) is 1. The maximum atomic E-state index is 13.5. The van der Waals surface area contributed by atoms with E-state index in [1.54, 1.807) is 6.07 Å². The number of nitrogens with two attached hydrogens (primary N) is 1. The average molecular weight is 304 g/mol. The van der Waals surface area contributed by atoms with Crippen molar-refractivity contribution >= 4 is 27.3 Å². The van der Waals surface area contributed by atoms with Crippen molar-refractivity contribution in [1.82, 2.24) is 0 Å². The Morgan fingerprint density at radius 3 is 2.62 bits per heavy atom. The Balaban J connectivity index is 2.40. The predicted octanol–water partition coefficient (Wildman–Crippen LogP) is 3.84. The summed E-state index contributed by atoms with van der Waals surface area (Å²) in [5.41, 5.74) is 6.06. The fraction of sp³-hybridized carbons (Fsp3) is 0.0909. The van der Waals surface area contributed by atoms with Crippen LogP contribution in [0.5, 0.6) is 0 Å². The second kappa shape index (κ2) is 4.61. The van der Waals surface area contributed by atoms with Gasteiger partial charge in [-0.25, -0.2) is 8.78 Å². The van der Waals surface area contributed by atoms with E-state index in [1.807, 2.05) is 5.38 Å². The Morgan fingerprint density at radius 2 is 2.00 bits per heavy atom. The molecule has 1 unspecified atom stereocenters. The Bertz CT molecular complexity index is 512. The smallest absolute Gasteiger partial charge is 0.128 e. The molecular weight excluding hydrogens is 296 g/mol. The summed E-state index contributed by atoms with van der Waals surface area (Å²) < 4.78 is 27.3. The third kappa shape index (κ3) is 2.31. The molecule has 84 valence electrons. The van der Waals surface area contributed by atoms with Crippen LogP contribution in [0, 0.1) is 11.6 Å². The summed E-state index contributed by atoms with van der Waals surface area (Å²) in [7, 11) is 0. The molecule has 1 aromatic heterocycles. The van der Waals surface area contributed by atoms with Gasteiger partial charge >= 0.3 is 0 Å². The number of rotatable bonds is 2. The summed E-state index contributed by atoms with van der Waals surface area (Å²) in [6, 6.07) is 4.48. The first kappa shape index (κ1) is 11.7. The van der Waals surface area contributed by atoms with Crippen LogP contribution >= 0.6 is 27.3 Å². The minimum absolute atomic E-state index is 0.175. The number of benzene rings is 1. The highest BCUT2D eigenvalue weighted by Crippen LogP contribution is 2.29. The summed E-state index contributed by atoms with van der Waals surface area (Å²) >= 11 is 4.70. The van der Waals surface area contributed by atoms with Crippen molar-refractivity contribution in [3.05, 3.63) is 56.2 Å². The maximum Gasteiger partial charge on any atom is 0.128 e. The molecule has 0 aliphatic carbocycles. The minimum atomic E-state index is -0.632. The third-order valence-electron chi connectivity index (χ3n) is 2.19. The van der Waals surface area contributed by atoms with Crippen LogP contribution in [0.3, 0.4) is 0 Å². The lowest BCUT2D eigenvalue weighted by atomic mass is 10.1. The molecule has 0 aliphatic heterocycles. The zero-order chi connectivity index (χ0) is 11.7. The zero-order valence-electron chi connectivity index (χ0n) is 8.08. The van der Waals surface area contributed by atoms with Crippen molar-refractivity contribution < 1.29 is 8.78 Å². The first-order valence-electron chi connectivity index (χ1n) is 4.52. The second-order valence-electron chi connectivity index (χ2n) is 3.31. The standard InChI is InChI=1S/C11H8BrF2NS/c12-6-3-10(16-5-6)11(15)8-4-7(13)1-2-9(8)14/h1-5,11H,15H2. The normalized spacial score (nSPS) is 12.8. The Hall–Kier alpha value is -0.780. The summed E-state index contributed by atoms with van der Waals surface area (Å²) in [6.45, 7) is 0. The number of halogens is 3. The topological polar surface area (TPSA) is 26.0 Å². The molecule has 0 amide bonds. The van der Waals surface area contributed by atoms with Crippen molar-refractivity contribution in [2.24, 2.45) is 5.73 Å². The third-order valence-corrected chi connectivity index (χ3v) is 3.96. The molecule has 0 radical (unpaired) electrons. The molecule has 0 bridgehead atoms. The zero-order valence-corrected chi connectivity index (χ0v) is 10.5. The van der Waals surface area contributed by atoms with E-state index in [2.05, 4.69) is 15.9 Å². The Morgan fingerprint density at radius 1 is 1.25 bits per heavy atom. The second-order valence-corrected chi connectivity index (χ2v) is 5.17. The Kier molecular flexibility index (Phi) is 3.37. The maximum absolute atomic E-state index is 13.5. The highest BCUT2D eigenvalue weighted by molar-refractivity contribution is 9.10. The van der Waals surface area contributed by atoms with Gasteiger partial charge in [-0.2, -0.15) is 0 Å². The number of hydrogen-bond acceptors (Lipinski definition) is 2. The molecule has 1 atom stereocenters. The van der Waals surface area contributed by atoms with Crippen molar-refractivity contribution in [3.63, 3.8) is 0 Å². The van der Waals surface area contributed by atoms with Gasteiger partial charge in [0.15, 0.2) is 0 Å². The lowest BCUT2D eigenvalue weighted by Crippen LogP contribution is -2.12. The Labute approximate surface area is 104 Å². The van der Waals surface area contributed by atoms with Crippen LogP contribution in [0.4, 0.5) is 8.78 Å². The van der Waals surface area contributed by atoms with Crippen LogP contribution in [-0.2, 0) is 0 Å². The first-order chi connectivity index (χ1) is 7.58. The van der Waals surface area contributed by atoms with Gasteiger partial charge in [-0.05, 0) is 40.2 Å². The van der Waals surface area contributed by atoms with E-state index in [0.29, 0.717) is 0 Å². The van der Waals surface area contributed by atoms with Gasteiger partial charge in [0.2, 0.25) is 0 Å². The van der Waals surface area contributed by atoms with Crippen molar-refractivity contribution in [2.45, 2.75) is 6.04 Å². The van der Waals surface area contributed by atoms with Gasteiger partial charge < -0.3 is 5.73 Å². The molecule has 5 heteroatoms. The summed E-state index contributed by atoms with van der Waals surface area (Å²) in [6.07, 6.45) is 0. The van der Waals surface area contributed by atoms with E-state index in [1.165, 1.54) is 11.3 Å². The molecule has 2 N–H and O–H groups in total. The van der Waals surface area contributed by atoms with Crippen molar-refractivity contribution in [2.75, 3.05) is 0 Å². The predicted molar refractivity (Wildman–Crippen MR) is 64.4 cm³/mol. The molecule has 0 fully saturated rings. The summed E-state index contributed by atoms with van der Waals surface area (Å²) in [4.78, 5) is 0.788. The quantitative estimate of drug-likeness (QED) is 0.896. The van der Waals surface area contributed by atoms with Crippen LogP contribution < -0.4 is 5.73 Å². The van der Waals surface area contributed by atoms with Crippen LogP contribution in [0.25, 0.3) is 0 Å². The van der Waals surface area contributed by atoms with Gasteiger partial charge in [-0.1, -0.05) is 0 Å². The van der Waals surface area contributed by atoms with E-state index in [-0.39, 0.29) is 5.56 Å². The van der Waals surface area contributed by atoms with E-state index in [9.17, 15) is 8.78 Å². The van der Waals surface area contributed by atoms with E-state index in [0.717, 1.165) is 27.5 Å². The molecule has 0 spiro atoms.